The summed E-state index contributed by atoms with van der Waals surface area (Å²) in [7, 11) is 5.17. The number of para-hydroxylation sites is 1. The lowest BCUT2D eigenvalue weighted by Gasteiger charge is -2.38. The fraction of sp³-hybridized carbons (Fsp3) is 0.588. The molecule has 1 aliphatic heterocycles. The maximum absolute atomic E-state index is 13.0. The minimum atomic E-state index is -0.406. The molecule has 1 N–H and O–H groups in total. The van der Waals surface area contributed by atoms with Gasteiger partial charge in [-0.05, 0) is 32.0 Å². The molecule has 1 amide bonds. The third kappa shape index (κ3) is 4.59. The molecule has 2 rings (SSSR count). The van der Waals surface area contributed by atoms with Gasteiger partial charge in [0.2, 0.25) is 5.91 Å². The first-order chi connectivity index (χ1) is 10.6. The van der Waals surface area contributed by atoms with Gasteiger partial charge in [-0.25, -0.2) is 0 Å². The molecule has 0 atom stereocenters. The number of carbonyl (C=O) groups is 1. The molecule has 1 aromatic rings. The monoisotopic (exact) mass is 342 g/mol. The van der Waals surface area contributed by atoms with Gasteiger partial charge in [0, 0.05) is 26.3 Å². The Morgan fingerprint density at radius 2 is 1.91 bits per heavy atom. The predicted octanol–water partition coefficient (Wildman–Crippen LogP) is 2.09. The number of amides is 1. The predicted molar refractivity (Wildman–Crippen MR) is 93.1 cm³/mol. The van der Waals surface area contributed by atoms with Crippen molar-refractivity contribution in [3.8, 4) is 5.75 Å². The summed E-state index contributed by atoms with van der Waals surface area (Å²) in [5, 5.41) is 3.31. The number of hydrogen-bond acceptors (Lipinski definition) is 4. The number of hydrogen-bond donors (Lipinski definition) is 1. The van der Waals surface area contributed by atoms with Crippen molar-refractivity contribution in [1.82, 2.24) is 10.2 Å². The van der Waals surface area contributed by atoms with Crippen molar-refractivity contribution in [3.63, 3.8) is 0 Å². The van der Waals surface area contributed by atoms with Gasteiger partial charge >= 0.3 is 0 Å². The summed E-state index contributed by atoms with van der Waals surface area (Å²) in [4.78, 5) is 14.8. The van der Waals surface area contributed by atoms with Crippen molar-refractivity contribution in [3.05, 3.63) is 29.8 Å². The summed E-state index contributed by atoms with van der Waals surface area (Å²) >= 11 is 0. The Labute approximate surface area is 144 Å². The van der Waals surface area contributed by atoms with Crippen LogP contribution in [0.2, 0.25) is 0 Å². The topological polar surface area (TPSA) is 50.8 Å². The number of rotatable bonds is 6. The van der Waals surface area contributed by atoms with Crippen LogP contribution in [0.1, 0.15) is 18.4 Å². The molecule has 0 bridgehead atoms. The number of carbonyl (C=O) groups excluding carboxylic acids is 1. The van der Waals surface area contributed by atoms with Crippen molar-refractivity contribution in [2.75, 3.05) is 41.0 Å². The van der Waals surface area contributed by atoms with E-state index in [-0.39, 0.29) is 18.3 Å². The summed E-state index contributed by atoms with van der Waals surface area (Å²) in [6.07, 6.45) is 1.63. The fourth-order valence-corrected chi connectivity index (χ4v) is 3.17. The number of benzene rings is 1. The molecule has 130 valence electrons. The summed E-state index contributed by atoms with van der Waals surface area (Å²) < 4.78 is 10.7. The normalized spacial score (nSPS) is 16.3. The molecule has 0 spiro atoms. The molecule has 1 aliphatic rings. The Balaban J connectivity index is 0.00000264. The highest BCUT2D eigenvalue weighted by molar-refractivity contribution is 5.85. The number of piperidine rings is 1. The zero-order valence-electron chi connectivity index (χ0n) is 14.1. The molecule has 23 heavy (non-hydrogen) atoms. The summed E-state index contributed by atoms with van der Waals surface area (Å²) in [6, 6.07) is 7.81. The van der Waals surface area contributed by atoms with Crippen LogP contribution in [0, 0.1) is 5.41 Å². The van der Waals surface area contributed by atoms with Crippen LogP contribution in [0.4, 0.5) is 0 Å². The molecule has 1 saturated heterocycles. The number of nitrogens with one attached hydrogen (secondary N) is 1. The SMILES string of the molecule is COCC1(C(=O)N(C)Cc2ccccc2OC)CCNCC1.Cl. The molecule has 6 heteroatoms. The molecule has 0 radical (unpaired) electrons. The lowest BCUT2D eigenvalue weighted by Crippen LogP contribution is -2.50. The first-order valence-electron chi connectivity index (χ1n) is 7.70. The zero-order chi connectivity index (χ0) is 16.0. The second-order valence-electron chi connectivity index (χ2n) is 5.94. The third-order valence-electron chi connectivity index (χ3n) is 4.38. The highest BCUT2D eigenvalue weighted by Gasteiger charge is 2.41. The highest BCUT2D eigenvalue weighted by Crippen LogP contribution is 2.32. The molecule has 0 aliphatic carbocycles. The lowest BCUT2D eigenvalue weighted by atomic mass is 9.78. The smallest absolute Gasteiger partial charge is 0.231 e. The molecule has 0 unspecified atom stereocenters. The lowest BCUT2D eigenvalue weighted by molar-refractivity contribution is -0.146. The quantitative estimate of drug-likeness (QED) is 0.860. The van der Waals surface area contributed by atoms with Crippen LogP contribution in [0.25, 0.3) is 0 Å². The van der Waals surface area contributed by atoms with E-state index in [9.17, 15) is 4.79 Å². The van der Waals surface area contributed by atoms with Crippen LogP contribution in [0.15, 0.2) is 24.3 Å². The van der Waals surface area contributed by atoms with E-state index in [1.807, 2.05) is 31.3 Å². The van der Waals surface area contributed by atoms with Gasteiger partial charge in [-0.2, -0.15) is 0 Å². The minimum Gasteiger partial charge on any atom is -0.496 e. The first-order valence-corrected chi connectivity index (χ1v) is 7.70. The Morgan fingerprint density at radius 1 is 1.26 bits per heavy atom. The van der Waals surface area contributed by atoms with E-state index in [4.69, 9.17) is 9.47 Å². The molecule has 1 fully saturated rings. The Bertz CT molecular complexity index is 499. The maximum atomic E-state index is 13.0. The number of halogens is 1. The first kappa shape index (κ1) is 19.7. The van der Waals surface area contributed by atoms with Gasteiger partial charge in [0.1, 0.15) is 5.75 Å². The van der Waals surface area contributed by atoms with Crippen molar-refractivity contribution < 1.29 is 14.3 Å². The van der Waals surface area contributed by atoms with Crippen molar-refractivity contribution in [2.24, 2.45) is 5.41 Å². The second kappa shape index (κ2) is 9.11. The molecule has 0 saturated carbocycles. The van der Waals surface area contributed by atoms with Crippen molar-refractivity contribution in [1.29, 1.82) is 0 Å². The number of nitrogens with zero attached hydrogens (tertiary/aromatic N) is 1. The van der Waals surface area contributed by atoms with Gasteiger partial charge in [-0.1, -0.05) is 18.2 Å². The third-order valence-corrected chi connectivity index (χ3v) is 4.38. The summed E-state index contributed by atoms with van der Waals surface area (Å²) in [6.45, 7) is 2.74. The molecule has 1 heterocycles. The van der Waals surface area contributed by atoms with Gasteiger partial charge in [-0.3, -0.25) is 4.79 Å². The van der Waals surface area contributed by atoms with E-state index in [0.717, 1.165) is 37.2 Å². The molecule has 5 nitrogen and oxygen atoms in total. The molecular weight excluding hydrogens is 316 g/mol. The standard InChI is InChI=1S/C17H26N2O3.ClH/c1-19(12-14-6-4-5-7-15(14)22-3)16(20)17(13-21-2)8-10-18-11-9-17;/h4-7,18H,8-13H2,1-3H3;1H. The average Bonchev–Trinajstić information content (AvgIpc) is 2.55. The van der Waals surface area contributed by atoms with Gasteiger partial charge < -0.3 is 19.7 Å². The van der Waals surface area contributed by atoms with E-state index in [1.54, 1.807) is 19.1 Å². The largest absolute Gasteiger partial charge is 0.496 e. The van der Waals surface area contributed by atoms with E-state index < -0.39 is 5.41 Å². The minimum absolute atomic E-state index is 0. The van der Waals surface area contributed by atoms with Crippen molar-refractivity contribution >= 4 is 18.3 Å². The van der Waals surface area contributed by atoms with Crippen LogP contribution in [0.3, 0.4) is 0 Å². The highest BCUT2D eigenvalue weighted by atomic mass is 35.5. The fourth-order valence-electron chi connectivity index (χ4n) is 3.17. The van der Waals surface area contributed by atoms with Crippen LogP contribution in [-0.2, 0) is 16.1 Å². The van der Waals surface area contributed by atoms with E-state index in [1.165, 1.54) is 0 Å². The molecular formula is C17H27ClN2O3. The van der Waals surface area contributed by atoms with Crippen LogP contribution >= 0.6 is 12.4 Å². The number of methoxy groups -OCH3 is 2. The van der Waals surface area contributed by atoms with E-state index in [2.05, 4.69) is 5.32 Å². The average molecular weight is 343 g/mol. The Morgan fingerprint density at radius 3 is 2.52 bits per heavy atom. The van der Waals surface area contributed by atoms with Gasteiger partial charge in [0.15, 0.2) is 0 Å². The van der Waals surface area contributed by atoms with Crippen molar-refractivity contribution in [2.45, 2.75) is 19.4 Å². The zero-order valence-corrected chi connectivity index (χ0v) is 14.9. The van der Waals surface area contributed by atoms with Crippen LogP contribution in [-0.4, -0.2) is 51.8 Å². The summed E-state index contributed by atoms with van der Waals surface area (Å²) in [5.41, 5.74) is 0.610. The van der Waals surface area contributed by atoms with Gasteiger partial charge in [-0.15, -0.1) is 12.4 Å². The van der Waals surface area contributed by atoms with Gasteiger partial charge in [0.05, 0.1) is 19.1 Å². The Kier molecular flexibility index (Phi) is 7.82. The van der Waals surface area contributed by atoms with E-state index in [0.29, 0.717) is 13.2 Å². The maximum Gasteiger partial charge on any atom is 0.231 e. The number of ether oxygens (including phenoxy) is 2. The molecule has 0 aromatic heterocycles. The van der Waals surface area contributed by atoms with Crippen LogP contribution in [0.5, 0.6) is 5.75 Å². The van der Waals surface area contributed by atoms with Gasteiger partial charge in [0.25, 0.3) is 0 Å². The molecule has 1 aromatic carbocycles. The second-order valence-corrected chi connectivity index (χ2v) is 5.94. The summed E-state index contributed by atoms with van der Waals surface area (Å²) in [5.74, 6) is 0.968. The van der Waals surface area contributed by atoms with E-state index >= 15 is 0 Å². The van der Waals surface area contributed by atoms with Crippen LogP contribution < -0.4 is 10.1 Å². The Hall–Kier alpha value is -1.30.